The molecule has 0 N–H and O–H groups in total. The Bertz CT molecular complexity index is 559. The minimum absolute atomic E-state index is 0.104. The maximum absolute atomic E-state index is 11.9. The number of benzene rings is 1. The number of carbonyl (C=O) groups is 1. The molecule has 0 radical (unpaired) electrons. The highest BCUT2D eigenvalue weighted by Crippen LogP contribution is 2.15. The molecule has 0 unspecified atom stereocenters. The van der Waals surface area contributed by atoms with Gasteiger partial charge in [0, 0.05) is 18.0 Å². The van der Waals surface area contributed by atoms with Crippen LogP contribution in [0.4, 0.5) is 0 Å². The van der Waals surface area contributed by atoms with Crippen LogP contribution in [0.25, 0.3) is 10.9 Å². The first-order valence-corrected chi connectivity index (χ1v) is 5.26. The van der Waals surface area contributed by atoms with Crippen LogP contribution in [0.3, 0.4) is 0 Å². The molecule has 1 aromatic heterocycles. The van der Waals surface area contributed by atoms with E-state index in [1.54, 1.807) is 10.6 Å². The second kappa shape index (κ2) is 4.65. The monoisotopic (exact) mass is 211 g/mol. The molecule has 0 spiro atoms. The van der Waals surface area contributed by atoms with Gasteiger partial charge in [-0.15, -0.1) is 5.73 Å². The fraction of sp³-hybridized carbons (Fsp3) is 0.143. The van der Waals surface area contributed by atoms with Gasteiger partial charge in [-0.05, 0) is 24.6 Å². The number of hydrogen-bond acceptors (Lipinski definition) is 1. The van der Waals surface area contributed by atoms with Crippen molar-refractivity contribution < 1.29 is 4.79 Å². The number of aromatic nitrogens is 1. The van der Waals surface area contributed by atoms with Gasteiger partial charge in [0.1, 0.15) is 0 Å². The number of para-hydroxylation sites is 1. The summed E-state index contributed by atoms with van der Waals surface area (Å²) < 4.78 is 1.70. The van der Waals surface area contributed by atoms with Crippen molar-refractivity contribution in [2.24, 2.45) is 0 Å². The largest absolute Gasteiger partial charge is 0.287 e. The molecule has 2 aromatic rings. The van der Waals surface area contributed by atoms with E-state index in [2.05, 4.69) is 12.3 Å². The van der Waals surface area contributed by atoms with E-state index in [-0.39, 0.29) is 5.91 Å². The molecule has 0 aliphatic carbocycles. The molecular weight excluding hydrogens is 198 g/mol. The van der Waals surface area contributed by atoms with Gasteiger partial charge in [0.2, 0.25) is 5.91 Å². The fourth-order valence-electron chi connectivity index (χ4n) is 1.72. The molecule has 0 amide bonds. The molecule has 2 rings (SSSR count). The average molecular weight is 211 g/mol. The molecule has 0 saturated heterocycles. The molecule has 16 heavy (non-hydrogen) atoms. The Morgan fingerprint density at radius 3 is 3.00 bits per heavy atom. The zero-order valence-corrected chi connectivity index (χ0v) is 9.02. The van der Waals surface area contributed by atoms with Crippen LogP contribution in [0.15, 0.2) is 54.9 Å². The molecule has 80 valence electrons. The third-order valence-corrected chi connectivity index (χ3v) is 2.52. The zero-order valence-electron chi connectivity index (χ0n) is 9.02. The lowest BCUT2D eigenvalue weighted by Gasteiger charge is -2.01. The third-order valence-electron chi connectivity index (χ3n) is 2.52. The second-order valence-electron chi connectivity index (χ2n) is 3.59. The molecule has 1 aromatic carbocycles. The van der Waals surface area contributed by atoms with Crippen LogP contribution in [0.5, 0.6) is 0 Å². The van der Waals surface area contributed by atoms with Crippen LogP contribution in [-0.2, 0) is 0 Å². The van der Waals surface area contributed by atoms with Gasteiger partial charge in [-0.3, -0.25) is 9.36 Å². The van der Waals surface area contributed by atoms with Gasteiger partial charge >= 0.3 is 0 Å². The van der Waals surface area contributed by atoms with Crippen LogP contribution in [-0.4, -0.2) is 10.5 Å². The predicted molar refractivity (Wildman–Crippen MR) is 65.5 cm³/mol. The van der Waals surface area contributed by atoms with E-state index < -0.39 is 0 Å². The normalized spacial score (nSPS) is 10.0. The van der Waals surface area contributed by atoms with Gasteiger partial charge in [-0.1, -0.05) is 24.8 Å². The van der Waals surface area contributed by atoms with Crippen LogP contribution < -0.4 is 0 Å². The fourth-order valence-corrected chi connectivity index (χ4v) is 1.72. The minimum atomic E-state index is 0.104. The summed E-state index contributed by atoms with van der Waals surface area (Å²) >= 11 is 0. The molecule has 0 aliphatic rings. The van der Waals surface area contributed by atoms with Gasteiger partial charge in [-0.25, -0.2) is 0 Å². The van der Waals surface area contributed by atoms with E-state index >= 15 is 0 Å². The van der Waals surface area contributed by atoms with Crippen molar-refractivity contribution in [2.45, 2.75) is 12.8 Å². The Morgan fingerprint density at radius 2 is 2.19 bits per heavy atom. The van der Waals surface area contributed by atoms with Crippen molar-refractivity contribution in [3.8, 4) is 0 Å². The number of carbonyl (C=O) groups excluding carboxylic acids is 1. The van der Waals surface area contributed by atoms with Gasteiger partial charge < -0.3 is 0 Å². The summed E-state index contributed by atoms with van der Waals surface area (Å²) in [5.41, 5.74) is 3.64. The first-order chi connectivity index (χ1) is 7.83. The maximum Gasteiger partial charge on any atom is 0.231 e. The lowest BCUT2D eigenvalue weighted by Crippen LogP contribution is -2.08. The van der Waals surface area contributed by atoms with Gasteiger partial charge in [0.15, 0.2) is 0 Å². The molecule has 0 fully saturated rings. The highest BCUT2D eigenvalue weighted by molar-refractivity contribution is 5.92. The highest BCUT2D eigenvalue weighted by Gasteiger charge is 2.06. The summed E-state index contributed by atoms with van der Waals surface area (Å²) in [6.07, 6.45) is 4.78. The predicted octanol–water partition coefficient (Wildman–Crippen LogP) is 3.40. The standard InChI is InChI=1S/C14H13NO/c1-2-3-4-9-14(16)15-11-10-12-7-5-6-8-13(12)15/h3,5-8,10-11H,1,4,9H2. The van der Waals surface area contributed by atoms with Crippen LogP contribution in [0.2, 0.25) is 0 Å². The lowest BCUT2D eigenvalue weighted by molar-refractivity contribution is 0.0909. The van der Waals surface area contributed by atoms with Crippen LogP contribution >= 0.6 is 0 Å². The number of hydrogen-bond donors (Lipinski definition) is 0. The van der Waals surface area contributed by atoms with Gasteiger partial charge in [0.25, 0.3) is 0 Å². The third kappa shape index (κ3) is 1.97. The number of nitrogens with zero attached hydrogens (tertiary/aromatic N) is 1. The van der Waals surface area contributed by atoms with Crippen molar-refractivity contribution >= 4 is 16.8 Å². The second-order valence-corrected chi connectivity index (χ2v) is 3.59. The van der Waals surface area contributed by atoms with E-state index in [1.165, 1.54) is 0 Å². The van der Waals surface area contributed by atoms with E-state index in [4.69, 9.17) is 0 Å². The topological polar surface area (TPSA) is 22.0 Å². The first-order valence-electron chi connectivity index (χ1n) is 5.26. The summed E-state index contributed by atoms with van der Waals surface area (Å²) in [4.78, 5) is 11.9. The highest BCUT2D eigenvalue weighted by atomic mass is 16.2. The molecular formula is C14H13NO. The van der Waals surface area contributed by atoms with Crippen LogP contribution in [0, 0.1) is 0 Å². The summed E-state index contributed by atoms with van der Waals surface area (Å²) in [5, 5.41) is 1.09. The molecule has 2 heteroatoms. The lowest BCUT2D eigenvalue weighted by atomic mass is 10.2. The Labute approximate surface area is 94.5 Å². The van der Waals surface area contributed by atoms with E-state index in [9.17, 15) is 4.79 Å². The van der Waals surface area contributed by atoms with Crippen molar-refractivity contribution in [2.75, 3.05) is 0 Å². The quantitative estimate of drug-likeness (QED) is 0.713. The Morgan fingerprint density at radius 1 is 1.38 bits per heavy atom. The smallest absolute Gasteiger partial charge is 0.231 e. The van der Waals surface area contributed by atoms with Crippen molar-refractivity contribution in [3.63, 3.8) is 0 Å². The van der Waals surface area contributed by atoms with Crippen molar-refractivity contribution in [1.82, 2.24) is 4.57 Å². The minimum Gasteiger partial charge on any atom is -0.287 e. The molecule has 2 nitrogen and oxygen atoms in total. The van der Waals surface area contributed by atoms with Crippen molar-refractivity contribution in [1.29, 1.82) is 0 Å². The summed E-state index contributed by atoms with van der Waals surface area (Å²) in [5.74, 6) is 0.104. The summed E-state index contributed by atoms with van der Waals surface area (Å²) in [6.45, 7) is 3.47. The Hall–Kier alpha value is -2.05. The molecule has 1 heterocycles. The Kier molecular flexibility index (Phi) is 3.04. The summed E-state index contributed by atoms with van der Waals surface area (Å²) in [7, 11) is 0. The molecule has 0 atom stereocenters. The molecule has 0 saturated carbocycles. The van der Waals surface area contributed by atoms with E-state index in [0.29, 0.717) is 12.8 Å². The number of fused-ring (bicyclic) bond motifs is 1. The van der Waals surface area contributed by atoms with Gasteiger partial charge in [-0.2, -0.15) is 0 Å². The van der Waals surface area contributed by atoms with Crippen molar-refractivity contribution in [3.05, 3.63) is 54.9 Å². The van der Waals surface area contributed by atoms with Gasteiger partial charge in [0.05, 0.1) is 5.52 Å². The maximum atomic E-state index is 11.9. The number of allylic oxidation sites excluding steroid dienone is 1. The average Bonchev–Trinajstić information content (AvgIpc) is 2.73. The molecule has 0 aliphatic heterocycles. The van der Waals surface area contributed by atoms with Crippen LogP contribution in [0.1, 0.15) is 17.6 Å². The number of rotatable bonds is 3. The molecule has 0 bridgehead atoms. The Balaban J connectivity index is 2.26. The SMILES string of the molecule is C=C=CCCC(=O)n1ccc2ccccc21. The van der Waals surface area contributed by atoms with E-state index in [1.807, 2.05) is 36.5 Å². The van der Waals surface area contributed by atoms with E-state index in [0.717, 1.165) is 10.9 Å². The first kappa shape index (κ1) is 10.5. The zero-order chi connectivity index (χ0) is 11.4. The summed E-state index contributed by atoms with van der Waals surface area (Å²) in [6, 6.07) is 9.82.